The summed E-state index contributed by atoms with van der Waals surface area (Å²) in [5, 5.41) is 0.965. The van der Waals surface area contributed by atoms with Crippen molar-refractivity contribution in [3.63, 3.8) is 0 Å². The van der Waals surface area contributed by atoms with E-state index >= 15 is 0 Å². The number of hydrogen-bond acceptors (Lipinski definition) is 4. The van der Waals surface area contributed by atoms with E-state index in [1.165, 1.54) is 37.7 Å². The molecule has 0 unspecified atom stereocenters. The van der Waals surface area contributed by atoms with Gasteiger partial charge < -0.3 is 4.57 Å². The molecule has 2 aromatic heterocycles. The smallest absolute Gasteiger partial charge is 0.165 e. The van der Waals surface area contributed by atoms with Crippen molar-refractivity contribution in [1.29, 1.82) is 0 Å². The molecular formula is C24H24N4S. The molecule has 1 fully saturated rings. The lowest BCUT2D eigenvalue weighted by molar-refractivity contribution is 0.358. The molecule has 5 rings (SSSR count). The SMILES string of the molecule is c1ccc(CSc2nc(-c3ccccc3)nc3c2ncn3C2CCCCC2)cc1. The Balaban J connectivity index is 1.57. The van der Waals surface area contributed by atoms with E-state index in [-0.39, 0.29) is 0 Å². The maximum Gasteiger partial charge on any atom is 0.165 e. The lowest BCUT2D eigenvalue weighted by atomic mass is 9.95. The van der Waals surface area contributed by atoms with Crippen LogP contribution in [0.5, 0.6) is 0 Å². The fourth-order valence-corrected chi connectivity index (χ4v) is 4.99. The van der Waals surface area contributed by atoms with E-state index in [0.717, 1.165) is 33.3 Å². The molecule has 0 aliphatic heterocycles. The summed E-state index contributed by atoms with van der Waals surface area (Å²) in [6.07, 6.45) is 8.32. The summed E-state index contributed by atoms with van der Waals surface area (Å²) in [6, 6.07) is 21.3. The molecule has 2 heterocycles. The molecular weight excluding hydrogens is 376 g/mol. The van der Waals surface area contributed by atoms with Crippen molar-refractivity contribution in [3.8, 4) is 11.4 Å². The Morgan fingerprint density at radius 2 is 1.59 bits per heavy atom. The van der Waals surface area contributed by atoms with Crippen LogP contribution in [0.1, 0.15) is 43.7 Å². The molecule has 0 spiro atoms. The molecule has 0 saturated heterocycles. The Bertz CT molecular complexity index is 1090. The van der Waals surface area contributed by atoms with Gasteiger partial charge in [-0.05, 0) is 18.4 Å². The van der Waals surface area contributed by atoms with Crippen molar-refractivity contribution in [2.24, 2.45) is 0 Å². The zero-order valence-electron chi connectivity index (χ0n) is 16.4. The summed E-state index contributed by atoms with van der Waals surface area (Å²) >= 11 is 1.74. The van der Waals surface area contributed by atoms with E-state index < -0.39 is 0 Å². The van der Waals surface area contributed by atoms with E-state index in [1.807, 2.05) is 24.5 Å². The largest absolute Gasteiger partial charge is 0.312 e. The van der Waals surface area contributed by atoms with Crippen molar-refractivity contribution >= 4 is 22.9 Å². The van der Waals surface area contributed by atoms with E-state index in [9.17, 15) is 0 Å². The first kappa shape index (κ1) is 18.4. The van der Waals surface area contributed by atoms with Crippen LogP contribution >= 0.6 is 11.8 Å². The molecule has 4 aromatic rings. The number of imidazole rings is 1. The molecule has 4 nitrogen and oxygen atoms in total. The third kappa shape index (κ3) is 3.92. The Kier molecular flexibility index (Phi) is 5.31. The quantitative estimate of drug-likeness (QED) is 0.292. The van der Waals surface area contributed by atoms with Crippen LogP contribution in [-0.4, -0.2) is 19.5 Å². The predicted molar refractivity (Wildman–Crippen MR) is 119 cm³/mol. The lowest BCUT2D eigenvalue weighted by Gasteiger charge is -2.23. The van der Waals surface area contributed by atoms with E-state index in [2.05, 4.69) is 47.0 Å². The van der Waals surface area contributed by atoms with Crippen molar-refractivity contribution in [2.45, 2.75) is 48.9 Å². The first-order valence-electron chi connectivity index (χ1n) is 10.4. The van der Waals surface area contributed by atoms with Gasteiger partial charge in [-0.25, -0.2) is 15.0 Å². The Morgan fingerprint density at radius 1 is 0.862 bits per heavy atom. The first-order valence-corrected chi connectivity index (χ1v) is 11.3. The van der Waals surface area contributed by atoms with E-state index in [4.69, 9.17) is 15.0 Å². The van der Waals surface area contributed by atoms with Gasteiger partial charge in [0.2, 0.25) is 0 Å². The van der Waals surface area contributed by atoms with Crippen LogP contribution in [0.25, 0.3) is 22.6 Å². The minimum atomic E-state index is 0.499. The summed E-state index contributed by atoms with van der Waals surface area (Å²) in [6.45, 7) is 0. The molecule has 29 heavy (non-hydrogen) atoms. The summed E-state index contributed by atoms with van der Waals surface area (Å²) in [5.74, 6) is 1.66. The molecule has 5 heteroatoms. The average Bonchev–Trinajstić information content (AvgIpc) is 3.23. The van der Waals surface area contributed by atoms with Gasteiger partial charge in [-0.2, -0.15) is 0 Å². The van der Waals surface area contributed by atoms with Gasteiger partial charge in [-0.3, -0.25) is 0 Å². The third-order valence-electron chi connectivity index (χ3n) is 5.61. The Morgan fingerprint density at radius 3 is 2.34 bits per heavy atom. The van der Waals surface area contributed by atoms with Crippen LogP contribution in [0, 0.1) is 0 Å². The maximum absolute atomic E-state index is 4.97. The molecule has 1 aliphatic carbocycles. The molecule has 1 saturated carbocycles. The standard InChI is InChI=1S/C24H24N4S/c1-4-10-18(11-5-1)16-29-24-21-23(26-22(27-24)19-12-6-2-7-13-19)28(17-25-21)20-14-8-3-9-15-20/h1-2,4-7,10-13,17,20H,3,8-9,14-16H2. The van der Waals surface area contributed by atoms with Gasteiger partial charge in [-0.15, -0.1) is 0 Å². The average molecular weight is 401 g/mol. The highest BCUT2D eigenvalue weighted by Gasteiger charge is 2.21. The summed E-state index contributed by atoms with van der Waals surface area (Å²) in [5.41, 5.74) is 4.24. The zero-order chi connectivity index (χ0) is 19.5. The Labute approximate surface area is 175 Å². The van der Waals surface area contributed by atoms with Gasteiger partial charge in [0.1, 0.15) is 10.5 Å². The first-order chi connectivity index (χ1) is 14.4. The number of aromatic nitrogens is 4. The monoisotopic (exact) mass is 400 g/mol. The number of rotatable bonds is 5. The van der Waals surface area contributed by atoms with Gasteiger partial charge >= 0.3 is 0 Å². The molecule has 0 N–H and O–H groups in total. The molecule has 2 aromatic carbocycles. The third-order valence-corrected chi connectivity index (χ3v) is 6.64. The van der Waals surface area contributed by atoms with Crippen LogP contribution in [0.3, 0.4) is 0 Å². The predicted octanol–water partition coefficient (Wildman–Crippen LogP) is 6.29. The molecule has 0 atom stereocenters. The fourth-order valence-electron chi connectivity index (χ4n) is 4.06. The van der Waals surface area contributed by atoms with Crippen molar-refractivity contribution in [2.75, 3.05) is 0 Å². The van der Waals surface area contributed by atoms with Gasteiger partial charge in [0.05, 0.1) is 6.33 Å². The molecule has 1 aliphatic rings. The van der Waals surface area contributed by atoms with Crippen LogP contribution in [0.15, 0.2) is 72.0 Å². The lowest BCUT2D eigenvalue weighted by Crippen LogP contribution is -2.12. The number of hydrogen-bond donors (Lipinski definition) is 0. The molecule has 0 bridgehead atoms. The summed E-state index contributed by atoms with van der Waals surface area (Å²) in [7, 11) is 0. The second kappa shape index (κ2) is 8.37. The molecule has 146 valence electrons. The normalized spacial score (nSPS) is 15.0. The number of fused-ring (bicyclic) bond motifs is 1. The van der Waals surface area contributed by atoms with Gasteiger partial charge in [0.15, 0.2) is 11.5 Å². The number of thioether (sulfide) groups is 1. The fraction of sp³-hybridized carbons (Fsp3) is 0.292. The van der Waals surface area contributed by atoms with Crippen molar-refractivity contribution in [3.05, 3.63) is 72.6 Å². The molecule has 0 radical (unpaired) electrons. The minimum absolute atomic E-state index is 0.499. The van der Waals surface area contributed by atoms with E-state index in [1.54, 1.807) is 11.8 Å². The Hall–Kier alpha value is -2.66. The number of benzene rings is 2. The van der Waals surface area contributed by atoms with Crippen molar-refractivity contribution in [1.82, 2.24) is 19.5 Å². The number of nitrogens with zero attached hydrogens (tertiary/aromatic N) is 4. The van der Waals surface area contributed by atoms with Gasteiger partial charge in [0.25, 0.3) is 0 Å². The molecule has 0 amide bonds. The zero-order valence-corrected chi connectivity index (χ0v) is 17.2. The highest BCUT2D eigenvalue weighted by atomic mass is 32.2. The van der Waals surface area contributed by atoms with Crippen LogP contribution in [0.2, 0.25) is 0 Å². The highest BCUT2D eigenvalue weighted by Crippen LogP contribution is 2.34. The van der Waals surface area contributed by atoms with E-state index in [0.29, 0.717) is 6.04 Å². The van der Waals surface area contributed by atoms with Crippen LogP contribution in [-0.2, 0) is 5.75 Å². The maximum atomic E-state index is 4.97. The van der Waals surface area contributed by atoms with Gasteiger partial charge in [-0.1, -0.05) is 91.7 Å². The summed E-state index contributed by atoms with van der Waals surface area (Å²) in [4.78, 5) is 14.7. The highest BCUT2D eigenvalue weighted by molar-refractivity contribution is 7.98. The van der Waals surface area contributed by atoms with Crippen LogP contribution < -0.4 is 0 Å². The van der Waals surface area contributed by atoms with Crippen LogP contribution in [0.4, 0.5) is 0 Å². The van der Waals surface area contributed by atoms with Crippen molar-refractivity contribution < 1.29 is 0 Å². The van der Waals surface area contributed by atoms with Gasteiger partial charge in [0, 0.05) is 17.4 Å². The minimum Gasteiger partial charge on any atom is -0.312 e. The second-order valence-electron chi connectivity index (χ2n) is 7.61. The topological polar surface area (TPSA) is 43.6 Å². The summed E-state index contributed by atoms with van der Waals surface area (Å²) < 4.78 is 2.30. The second-order valence-corrected chi connectivity index (χ2v) is 8.57.